The van der Waals surface area contributed by atoms with Crippen molar-refractivity contribution in [1.29, 1.82) is 0 Å². The van der Waals surface area contributed by atoms with Crippen LogP contribution in [0.2, 0.25) is 0 Å². The number of carbonyl (C=O) groups is 3. The summed E-state index contributed by atoms with van der Waals surface area (Å²) in [4.78, 5) is 37.9. The fourth-order valence-corrected chi connectivity index (χ4v) is 2.75. The average Bonchev–Trinajstić information content (AvgIpc) is 3.03. The smallest absolute Gasteiger partial charge is 0.328 e. The topological polar surface area (TPSA) is 93.5 Å². The van der Waals surface area contributed by atoms with E-state index in [-0.39, 0.29) is 30.8 Å². The molecule has 130 valence electrons. The Labute approximate surface area is 144 Å². The van der Waals surface area contributed by atoms with Crippen molar-refractivity contribution in [2.24, 2.45) is 0 Å². The van der Waals surface area contributed by atoms with E-state index < -0.39 is 12.6 Å². The molecule has 8 heteroatoms. The van der Waals surface area contributed by atoms with Gasteiger partial charge < -0.3 is 15.0 Å². The van der Waals surface area contributed by atoms with Crippen molar-refractivity contribution >= 4 is 29.2 Å². The molecular formula is C17H18N4O4. The van der Waals surface area contributed by atoms with E-state index in [9.17, 15) is 14.4 Å². The molecule has 0 spiro atoms. The molecule has 0 aliphatic carbocycles. The first-order valence-corrected chi connectivity index (χ1v) is 7.88. The van der Waals surface area contributed by atoms with Crippen molar-refractivity contribution < 1.29 is 19.1 Å². The molecule has 0 fully saturated rings. The first-order chi connectivity index (χ1) is 12.0. The molecular weight excluding hydrogens is 324 g/mol. The van der Waals surface area contributed by atoms with Gasteiger partial charge in [0, 0.05) is 24.9 Å². The van der Waals surface area contributed by atoms with Crippen LogP contribution in [0, 0.1) is 0 Å². The van der Waals surface area contributed by atoms with Crippen molar-refractivity contribution in [3.8, 4) is 0 Å². The molecule has 1 aliphatic heterocycles. The molecule has 3 rings (SSSR count). The Bertz CT molecular complexity index is 788. The lowest BCUT2D eigenvalue weighted by molar-refractivity contribution is -0.148. The molecule has 1 aromatic heterocycles. The van der Waals surface area contributed by atoms with Gasteiger partial charge in [-0.15, -0.1) is 0 Å². The Kier molecular flexibility index (Phi) is 4.78. The Morgan fingerprint density at radius 3 is 2.88 bits per heavy atom. The number of fused-ring (bicyclic) bond motifs is 1. The van der Waals surface area contributed by atoms with Crippen molar-refractivity contribution in [2.45, 2.75) is 25.9 Å². The molecule has 1 aromatic carbocycles. The van der Waals surface area contributed by atoms with E-state index in [4.69, 9.17) is 4.74 Å². The normalized spacial score (nSPS) is 16.6. The maximum absolute atomic E-state index is 12.6. The average molecular weight is 342 g/mol. The van der Waals surface area contributed by atoms with Crippen molar-refractivity contribution in [3.05, 3.63) is 42.7 Å². The van der Waals surface area contributed by atoms with Crippen LogP contribution < -0.4 is 10.2 Å². The van der Waals surface area contributed by atoms with E-state index in [1.165, 1.54) is 9.58 Å². The maximum Gasteiger partial charge on any atom is 0.328 e. The van der Waals surface area contributed by atoms with Crippen molar-refractivity contribution in [1.82, 2.24) is 9.78 Å². The van der Waals surface area contributed by atoms with Crippen LogP contribution in [0.15, 0.2) is 42.7 Å². The minimum absolute atomic E-state index is 0.0630. The standard InChI is InChI=1S/C17H18N4O4/c1-12-9-15(22)19-13-5-2-3-6-14(13)21(12)16(23)11-25-17(24)10-20-8-4-7-18-20/h2-8,12H,9-11H2,1H3,(H,19,22)/t12-/m0/s1. The van der Waals surface area contributed by atoms with Crippen LogP contribution in [0.5, 0.6) is 0 Å². The zero-order valence-corrected chi connectivity index (χ0v) is 13.7. The summed E-state index contributed by atoms with van der Waals surface area (Å²) in [7, 11) is 0. The van der Waals surface area contributed by atoms with E-state index in [0.29, 0.717) is 11.4 Å². The number of hydrogen-bond acceptors (Lipinski definition) is 5. The van der Waals surface area contributed by atoms with Gasteiger partial charge >= 0.3 is 5.97 Å². The monoisotopic (exact) mass is 342 g/mol. The zero-order valence-electron chi connectivity index (χ0n) is 13.7. The van der Waals surface area contributed by atoms with E-state index in [1.807, 2.05) is 0 Å². The number of benzene rings is 1. The van der Waals surface area contributed by atoms with Crippen LogP contribution in [0.3, 0.4) is 0 Å². The van der Waals surface area contributed by atoms with E-state index in [0.717, 1.165) is 0 Å². The predicted octanol–water partition coefficient (Wildman–Crippen LogP) is 1.19. The second-order valence-electron chi connectivity index (χ2n) is 5.75. The van der Waals surface area contributed by atoms with Crippen molar-refractivity contribution in [2.75, 3.05) is 16.8 Å². The number of esters is 1. The lowest BCUT2D eigenvalue weighted by Gasteiger charge is -2.27. The molecule has 8 nitrogen and oxygen atoms in total. The van der Waals surface area contributed by atoms with Gasteiger partial charge in [0.15, 0.2) is 6.61 Å². The fraction of sp³-hybridized carbons (Fsp3) is 0.294. The van der Waals surface area contributed by atoms with Crippen LogP contribution in [0.25, 0.3) is 0 Å². The number of nitrogens with zero attached hydrogens (tertiary/aromatic N) is 3. The third-order valence-electron chi connectivity index (χ3n) is 3.83. The van der Waals surface area contributed by atoms with Crippen LogP contribution >= 0.6 is 0 Å². The highest BCUT2D eigenvalue weighted by molar-refractivity contribution is 6.05. The van der Waals surface area contributed by atoms with Gasteiger partial charge in [-0.2, -0.15) is 5.10 Å². The van der Waals surface area contributed by atoms with E-state index in [1.54, 1.807) is 49.6 Å². The molecule has 0 saturated carbocycles. The molecule has 0 radical (unpaired) electrons. The number of rotatable bonds is 4. The van der Waals surface area contributed by atoms with Gasteiger partial charge in [0.2, 0.25) is 5.91 Å². The largest absolute Gasteiger partial charge is 0.454 e. The highest BCUT2D eigenvalue weighted by Gasteiger charge is 2.30. The van der Waals surface area contributed by atoms with E-state index in [2.05, 4.69) is 10.4 Å². The predicted molar refractivity (Wildman–Crippen MR) is 89.8 cm³/mol. The summed E-state index contributed by atoms with van der Waals surface area (Å²) >= 11 is 0. The summed E-state index contributed by atoms with van der Waals surface area (Å²) in [5, 5.41) is 6.69. The van der Waals surface area contributed by atoms with Crippen LogP contribution in [-0.4, -0.2) is 40.2 Å². The van der Waals surface area contributed by atoms with Crippen LogP contribution in [0.1, 0.15) is 13.3 Å². The van der Waals surface area contributed by atoms with Gasteiger partial charge in [-0.1, -0.05) is 12.1 Å². The van der Waals surface area contributed by atoms with Gasteiger partial charge in [0.25, 0.3) is 5.91 Å². The Hall–Kier alpha value is -3.16. The highest BCUT2D eigenvalue weighted by Crippen LogP contribution is 2.31. The molecule has 0 bridgehead atoms. The Balaban J connectivity index is 1.70. The SMILES string of the molecule is C[C@H]1CC(=O)Nc2ccccc2N1C(=O)COC(=O)Cn1cccn1. The summed E-state index contributed by atoms with van der Waals surface area (Å²) in [6.45, 7) is 1.32. The summed E-state index contributed by atoms with van der Waals surface area (Å²) in [6.07, 6.45) is 3.35. The molecule has 0 saturated heterocycles. The minimum atomic E-state index is -0.554. The summed E-state index contributed by atoms with van der Waals surface area (Å²) < 4.78 is 6.48. The Morgan fingerprint density at radius 2 is 2.12 bits per heavy atom. The second kappa shape index (κ2) is 7.16. The number of anilines is 2. The highest BCUT2D eigenvalue weighted by atomic mass is 16.5. The number of carbonyl (C=O) groups excluding carboxylic acids is 3. The number of para-hydroxylation sites is 2. The fourth-order valence-electron chi connectivity index (χ4n) is 2.75. The number of ether oxygens (including phenoxy) is 1. The first kappa shape index (κ1) is 16.7. The number of aromatic nitrogens is 2. The number of amides is 2. The lowest BCUT2D eigenvalue weighted by Crippen LogP contribution is -2.41. The Morgan fingerprint density at radius 1 is 1.32 bits per heavy atom. The third kappa shape index (κ3) is 3.85. The zero-order chi connectivity index (χ0) is 17.8. The van der Waals surface area contributed by atoms with Crippen molar-refractivity contribution in [3.63, 3.8) is 0 Å². The van der Waals surface area contributed by atoms with Gasteiger partial charge in [0.1, 0.15) is 6.54 Å². The first-order valence-electron chi connectivity index (χ1n) is 7.88. The van der Waals surface area contributed by atoms with Gasteiger partial charge in [0.05, 0.1) is 11.4 Å². The van der Waals surface area contributed by atoms with Crippen LogP contribution in [0.4, 0.5) is 11.4 Å². The van der Waals surface area contributed by atoms with Gasteiger partial charge in [-0.3, -0.25) is 19.1 Å². The minimum Gasteiger partial charge on any atom is -0.454 e. The summed E-state index contributed by atoms with van der Waals surface area (Å²) in [6, 6.07) is 8.39. The molecule has 1 aliphatic rings. The molecule has 2 heterocycles. The maximum atomic E-state index is 12.6. The lowest BCUT2D eigenvalue weighted by atomic mass is 10.1. The molecule has 1 N–H and O–H groups in total. The van der Waals surface area contributed by atoms with Gasteiger partial charge in [-0.25, -0.2) is 0 Å². The van der Waals surface area contributed by atoms with Gasteiger partial charge in [-0.05, 0) is 25.1 Å². The third-order valence-corrected chi connectivity index (χ3v) is 3.83. The molecule has 2 amide bonds. The van der Waals surface area contributed by atoms with E-state index >= 15 is 0 Å². The summed E-state index contributed by atoms with van der Waals surface area (Å²) in [5.41, 5.74) is 1.15. The second-order valence-corrected chi connectivity index (χ2v) is 5.75. The molecule has 0 unspecified atom stereocenters. The number of nitrogens with one attached hydrogen (secondary N) is 1. The molecule has 1 atom stereocenters. The quantitative estimate of drug-likeness (QED) is 0.843. The summed E-state index contributed by atoms with van der Waals surface area (Å²) in [5.74, 6) is -1.10. The van der Waals surface area contributed by atoms with Crippen LogP contribution in [-0.2, 0) is 25.7 Å². The number of hydrogen-bond donors (Lipinski definition) is 1. The molecule has 2 aromatic rings. The molecule has 25 heavy (non-hydrogen) atoms.